The van der Waals surface area contributed by atoms with Crippen LogP contribution in [0.3, 0.4) is 0 Å². The van der Waals surface area contributed by atoms with Gasteiger partial charge in [0.2, 0.25) is 0 Å². The van der Waals surface area contributed by atoms with E-state index in [-0.39, 0.29) is 6.61 Å². The Bertz CT molecular complexity index is 510. The van der Waals surface area contributed by atoms with Crippen molar-refractivity contribution in [3.63, 3.8) is 0 Å². The normalized spacial score (nSPS) is 10.5. The van der Waals surface area contributed by atoms with E-state index in [4.69, 9.17) is 5.73 Å². The number of fused-ring (bicyclic) bond motifs is 1. The highest BCUT2D eigenvalue weighted by molar-refractivity contribution is 7.82. The molecule has 0 aliphatic heterocycles. The number of hydrogen-bond acceptors (Lipinski definition) is 5. The molecule has 2 aromatic rings. The SMILES string of the molecule is NC(=O)OCc1ccc2nc(S)sc2c1. The summed E-state index contributed by atoms with van der Waals surface area (Å²) in [5, 5.41) is 0. The zero-order chi connectivity index (χ0) is 10.8. The van der Waals surface area contributed by atoms with E-state index < -0.39 is 6.09 Å². The van der Waals surface area contributed by atoms with E-state index in [9.17, 15) is 4.79 Å². The van der Waals surface area contributed by atoms with Crippen LogP contribution in [0, 0.1) is 0 Å². The van der Waals surface area contributed by atoms with Gasteiger partial charge in [-0.05, 0) is 17.7 Å². The monoisotopic (exact) mass is 240 g/mol. The summed E-state index contributed by atoms with van der Waals surface area (Å²) in [6.45, 7) is 0.186. The van der Waals surface area contributed by atoms with E-state index in [1.54, 1.807) is 0 Å². The summed E-state index contributed by atoms with van der Waals surface area (Å²) in [6.07, 6.45) is -0.769. The minimum absolute atomic E-state index is 0.186. The van der Waals surface area contributed by atoms with Crippen molar-refractivity contribution in [1.82, 2.24) is 4.98 Å². The number of hydrogen-bond donors (Lipinski definition) is 2. The summed E-state index contributed by atoms with van der Waals surface area (Å²) in [4.78, 5) is 14.6. The largest absolute Gasteiger partial charge is 0.445 e. The highest BCUT2D eigenvalue weighted by Gasteiger charge is 2.03. The second-order valence-electron chi connectivity index (χ2n) is 2.91. The van der Waals surface area contributed by atoms with Gasteiger partial charge in [0.05, 0.1) is 10.2 Å². The maximum Gasteiger partial charge on any atom is 0.404 e. The van der Waals surface area contributed by atoms with Crippen LogP contribution in [-0.2, 0) is 11.3 Å². The lowest BCUT2D eigenvalue weighted by molar-refractivity contribution is 0.150. The minimum atomic E-state index is -0.769. The molecule has 0 radical (unpaired) electrons. The molecule has 0 aliphatic rings. The Hall–Kier alpha value is -1.27. The lowest BCUT2D eigenvalue weighted by Gasteiger charge is -2.00. The van der Waals surface area contributed by atoms with Crippen LogP contribution in [-0.4, -0.2) is 11.1 Å². The number of thiol groups is 1. The van der Waals surface area contributed by atoms with Crippen molar-refractivity contribution < 1.29 is 9.53 Å². The van der Waals surface area contributed by atoms with Crippen LogP contribution in [0.15, 0.2) is 22.5 Å². The van der Waals surface area contributed by atoms with Crippen molar-refractivity contribution in [2.24, 2.45) is 5.73 Å². The third-order valence-electron chi connectivity index (χ3n) is 1.82. The molecule has 78 valence electrons. The fraction of sp³-hybridized carbons (Fsp3) is 0.111. The molecular formula is C9H8N2O2S2. The molecule has 6 heteroatoms. The Kier molecular flexibility index (Phi) is 2.79. The summed E-state index contributed by atoms with van der Waals surface area (Å²) in [7, 11) is 0. The predicted molar refractivity (Wildman–Crippen MR) is 61.2 cm³/mol. The fourth-order valence-corrected chi connectivity index (χ4v) is 2.37. The number of rotatable bonds is 2. The highest BCUT2D eigenvalue weighted by Crippen LogP contribution is 2.25. The van der Waals surface area contributed by atoms with E-state index in [0.29, 0.717) is 0 Å². The Labute approximate surface area is 95.5 Å². The van der Waals surface area contributed by atoms with E-state index in [1.807, 2.05) is 18.2 Å². The summed E-state index contributed by atoms with van der Waals surface area (Å²) < 4.78 is 6.43. The number of amides is 1. The molecule has 0 spiro atoms. The van der Waals surface area contributed by atoms with Crippen molar-refractivity contribution >= 4 is 40.3 Å². The zero-order valence-corrected chi connectivity index (χ0v) is 9.35. The van der Waals surface area contributed by atoms with Crippen molar-refractivity contribution in [2.45, 2.75) is 10.9 Å². The smallest absolute Gasteiger partial charge is 0.404 e. The standard InChI is InChI=1S/C9H8N2O2S2/c10-8(12)13-4-5-1-2-6-7(3-5)15-9(14)11-6/h1-3H,4H2,(H2,10,12)(H,11,14). The van der Waals surface area contributed by atoms with Crippen LogP contribution >= 0.6 is 24.0 Å². The first-order valence-electron chi connectivity index (χ1n) is 4.16. The summed E-state index contributed by atoms with van der Waals surface area (Å²) >= 11 is 5.65. The van der Waals surface area contributed by atoms with Gasteiger partial charge in [-0.15, -0.1) is 24.0 Å². The summed E-state index contributed by atoms with van der Waals surface area (Å²) in [5.74, 6) is 0. The van der Waals surface area contributed by atoms with Crippen molar-refractivity contribution in [3.05, 3.63) is 23.8 Å². The van der Waals surface area contributed by atoms with Crippen LogP contribution in [0.4, 0.5) is 4.79 Å². The maximum atomic E-state index is 10.4. The highest BCUT2D eigenvalue weighted by atomic mass is 32.2. The van der Waals surface area contributed by atoms with Crippen LogP contribution in [0.25, 0.3) is 10.2 Å². The van der Waals surface area contributed by atoms with E-state index >= 15 is 0 Å². The molecule has 0 aliphatic carbocycles. The molecule has 0 bridgehead atoms. The van der Waals surface area contributed by atoms with Crippen molar-refractivity contribution in [2.75, 3.05) is 0 Å². The minimum Gasteiger partial charge on any atom is -0.445 e. The number of thiazole rings is 1. The van der Waals surface area contributed by atoms with Crippen LogP contribution < -0.4 is 5.73 Å². The predicted octanol–water partition coefficient (Wildman–Crippen LogP) is 2.18. The molecule has 0 unspecified atom stereocenters. The molecule has 1 aromatic carbocycles. The van der Waals surface area contributed by atoms with E-state index in [1.165, 1.54) is 11.3 Å². The third kappa shape index (κ3) is 2.40. The molecular weight excluding hydrogens is 232 g/mol. The number of carbonyl (C=O) groups is 1. The van der Waals surface area contributed by atoms with E-state index in [2.05, 4.69) is 22.3 Å². The lowest BCUT2D eigenvalue weighted by atomic mass is 10.2. The molecule has 0 saturated heterocycles. The average Bonchev–Trinajstić information content (AvgIpc) is 2.53. The maximum absolute atomic E-state index is 10.4. The van der Waals surface area contributed by atoms with Gasteiger partial charge >= 0.3 is 6.09 Å². The van der Waals surface area contributed by atoms with Crippen LogP contribution in [0.2, 0.25) is 0 Å². The lowest BCUT2D eigenvalue weighted by Crippen LogP contribution is -2.12. The number of nitrogens with zero attached hydrogens (tertiary/aromatic N) is 1. The van der Waals surface area contributed by atoms with Gasteiger partial charge in [-0.25, -0.2) is 9.78 Å². The van der Waals surface area contributed by atoms with Gasteiger partial charge in [0.15, 0.2) is 0 Å². The molecule has 1 aromatic heterocycles. The van der Waals surface area contributed by atoms with Gasteiger partial charge in [-0.3, -0.25) is 0 Å². The van der Waals surface area contributed by atoms with Crippen molar-refractivity contribution in [1.29, 1.82) is 0 Å². The summed E-state index contributed by atoms with van der Waals surface area (Å²) in [6, 6.07) is 5.62. The number of primary amides is 1. The van der Waals surface area contributed by atoms with E-state index in [0.717, 1.165) is 20.1 Å². The first kappa shape index (κ1) is 10.3. The number of ether oxygens (including phenoxy) is 1. The Morgan fingerprint density at radius 1 is 1.60 bits per heavy atom. The fourth-order valence-electron chi connectivity index (χ4n) is 1.20. The average molecular weight is 240 g/mol. The molecule has 0 atom stereocenters. The quantitative estimate of drug-likeness (QED) is 0.791. The van der Waals surface area contributed by atoms with Gasteiger partial charge in [0.25, 0.3) is 0 Å². The summed E-state index contributed by atoms with van der Waals surface area (Å²) in [5.41, 5.74) is 6.66. The van der Waals surface area contributed by atoms with Gasteiger partial charge in [0.1, 0.15) is 10.9 Å². The Morgan fingerprint density at radius 3 is 3.13 bits per heavy atom. The first-order valence-corrected chi connectivity index (χ1v) is 5.42. The number of nitrogens with two attached hydrogens (primary N) is 1. The van der Waals surface area contributed by atoms with Crippen molar-refractivity contribution in [3.8, 4) is 0 Å². The van der Waals surface area contributed by atoms with Gasteiger partial charge in [-0.1, -0.05) is 6.07 Å². The number of aromatic nitrogens is 1. The molecule has 1 heterocycles. The molecule has 0 fully saturated rings. The second-order valence-corrected chi connectivity index (χ2v) is 4.66. The molecule has 4 nitrogen and oxygen atoms in total. The Balaban J connectivity index is 2.26. The Morgan fingerprint density at radius 2 is 2.40 bits per heavy atom. The van der Waals surface area contributed by atoms with Crippen LogP contribution in [0.5, 0.6) is 0 Å². The number of benzene rings is 1. The number of carbonyl (C=O) groups excluding carboxylic acids is 1. The molecule has 1 amide bonds. The molecule has 2 N–H and O–H groups in total. The molecule has 15 heavy (non-hydrogen) atoms. The van der Waals surface area contributed by atoms with Gasteiger partial charge in [0, 0.05) is 0 Å². The van der Waals surface area contributed by atoms with Crippen LogP contribution in [0.1, 0.15) is 5.56 Å². The first-order chi connectivity index (χ1) is 7.15. The zero-order valence-electron chi connectivity index (χ0n) is 7.64. The third-order valence-corrected chi connectivity index (χ3v) is 3.02. The molecule has 2 rings (SSSR count). The molecule has 0 saturated carbocycles. The topological polar surface area (TPSA) is 65.2 Å². The second kappa shape index (κ2) is 4.08. The van der Waals surface area contributed by atoms with Gasteiger partial charge < -0.3 is 10.5 Å². The van der Waals surface area contributed by atoms with Gasteiger partial charge in [-0.2, -0.15) is 0 Å².